The van der Waals surface area contributed by atoms with E-state index in [0.29, 0.717) is 5.16 Å². The molecule has 0 spiro atoms. The fourth-order valence-corrected chi connectivity index (χ4v) is 2.88. The van der Waals surface area contributed by atoms with E-state index in [-0.39, 0.29) is 17.4 Å². The standard InChI is InChI=1S/C15H16N2O3S/c1-2-12(11-6-4-3-5-7-11)17-9-8-13(18)16-15(17)21-10-14(19)20/h3-9,12H,2,10H2,1H3,(H,19,20). The fraction of sp³-hybridized carbons (Fsp3) is 0.267. The zero-order valence-electron chi connectivity index (χ0n) is 11.6. The van der Waals surface area contributed by atoms with E-state index >= 15 is 0 Å². The van der Waals surface area contributed by atoms with Crippen LogP contribution in [0.3, 0.4) is 0 Å². The highest BCUT2D eigenvalue weighted by atomic mass is 32.2. The van der Waals surface area contributed by atoms with Crippen LogP contribution in [0.25, 0.3) is 0 Å². The molecule has 1 unspecified atom stereocenters. The highest BCUT2D eigenvalue weighted by Crippen LogP contribution is 2.26. The first-order valence-corrected chi connectivity index (χ1v) is 7.59. The highest BCUT2D eigenvalue weighted by Gasteiger charge is 2.15. The molecule has 5 nitrogen and oxygen atoms in total. The van der Waals surface area contributed by atoms with Crippen LogP contribution in [0.15, 0.2) is 52.5 Å². The highest BCUT2D eigenvalue weighted by molar-refractivity contribution is 7.99. The zero-order chi connectivity index (χ0) is 15.2. The van der Waals surface area contributed by atoms with E-state index in [2.05, 4.69) is 4.98 Å². The van der Waals surface area contributed by atoms with Gasteiger partial charge in [-0.25, -0.2) is 0 Å². The maximum atomic E-state index is 11.4. The smallest absolute Gasteiger partial charge is 0.313 e. The van der Waals surface area contributed by atoms with Crippen LogP contribution in [-0.2, 0) is 4.79 Å². The van der Waals surface area contributed by atoms with Crippen molar-refractivity contribution in [1.82, 2.24) is 9.55 Å². The summed E-state index contributed by atoms with van der Waals surface area (Å²) in [4.78, 5) is 26.1. The van der Waals surface area contributed by atoms with Gasteiger partial charge in [0, 0.05) is 12.3 Å². The van der Waals surface area contributed by atoms with Crippen molar-refractivity contribution in [3.05, 3.63) is 58.5 Å². The summed E-state index contributed by atoms with van der Waals surface area (Å²) in [5.74, 6) is -1.06. The van der Waals surface area contributed by atoms with Gasteiger partial charge in [-0.3, -0.25) is 9.59 Å². The number of carbonyl (C=O) groups is 1. The van der Waals surface area contributed by atoms with Crippen molar-refractivity contribution < 1.29 is 9.90 Å². The number of hydrogen-bond donors (Lipinski definition) is 1. The van der Waals surface area contributed by atoms with E-state index in [1.807, 2.05) is 41.8 Å². The van der Waals surface area contributed by atoms with Gasteiger partial charge in [-0.2, -0.15) is 4.98 Å². The molecule has 1 N–H and O–H groups in total. The summed E-state index contributed by atoms with van der Waals surface area (Å²) in [7, 11) is 0. The monoisotopic (exact) mass is 304 g/mol. The van der Waals surface area contributed by atoms with Gasteiger partial charge in [-0.15, -0.1) is 0 Å². The van der Waals surface area contributed by atoms with Crippen molar-refractivity contribution in [2.45, 2.75) is 24.5 Å². The first kappa shape index (κ1) is 15.3. The quantitative estimate of drug-likeness (QED) is 0.655. The van der Waals surface area contributed by atoms with Gasteiger partial charge in [0.05, 0.1) is 11.8 Å². The first-order chi connectivity index (χ1) is 10.1. The molecule has 1 aromatic carbocycles. The maximum absolute atomic E-state index is 11.4. The van der Waals surface area contributed by atoms with Crippen LogP contribution in [0, 0.1) is 0 Å². The van der Waals surface area contributed by atoms with Crippen molar-refractivity contribution in [3.8, 4) is 0 Å². The van der Waals surface area contributed by atoms with Crippen molar-refractivity contribution >= 4 is 17.7 Å². The van der Waals surface area contributed by atoms with E-state index in [1.165, 1.54) is 6.07 Å². The topological polar surface area (TPSA) is 72.2 Å². The lowest BCUT2D eigenvalue weighted by Crippen LogP contribution is -2.19. The molecule has 0 radical (unpaired) electrons. The Morgan fingerprint density at radius 1 is 1.33 bits per heavy atom. The molecule has 0 fully saturated rings. The van der Waals surface area contributed by atoms with Gasteiger partial charge >= 0.3 is 5.97 Å². The molecule has 2 rings (SSSR count). The molecule has 0 saturated heterocycles. The predicted molar refractivity (Wildman–Crippen MR) is 81.7 cm³/mol. The second-order valence-electron chi connectivity index (χ2n) is 4.47. The van der Waals surface area contributed by atoms with Crippen LogP contribution >= 0.6 is 11.8 Å². The van der Waals surface area contributed by atoms with E-state index in [9.17, 15) is 9.59 Å². The Kier molecular flexibility index (Phi) is 5.16. The molecular weight excluding hydrogens is 288 g/mol. The van der Waals surface area contributed by atoms with E-state index in [1.54, 1.807) is 6.20 Å². The van der Waals surface area contributed by atoms with Crippen LogP contribution in [0.5, 0.6) is 0 Å². The number of thioether (sulfide) groups is 1. The average Bonchev–Trinajstić information content (AvgIpc) is 2.48. The fourth-order valence-electron chi connectivity index (χ4n) is 2.14. The van der Waals surface area contributed by atoms with Gasteiger partial charge in [0.2, 0.25) is 0 Å². The molecule has 110 valence electrons. The normalized spacial score (nSPS) is 12.0. The summed E-state index contributed by atoms with van der Waals surface area (Å²) in [6, 6.07) is 11.3. The van der Waals surface area contributed by atoms with Crippen molar-refractivity contribution in [1.29, 1.82) is 0 Å². The zero-order valence-corrected chi connectivity index (χ0v) is 12.4. The van der Waals surface area contributed by atoms with Gasteiger partial charge in [0.25, 0.3) is 5.56 Å². The van der Waals surface area contributed by atoms with Crippen LogP contribution in [0.2, 0.25) is 0 Å². The number of nitrogens with zero attached hydrogens (tertiary/aromatic N) is 2. The molecule has 6 heteroatoms. The number of aliphatic carboxylic acids is 1. The Morgan fingerprint density at radius 3 is 2.67 bits per heavy atom. The Hall–Kier alpha value is -2.08. The molecule has 1 atom stereocenters. The van der Waals surface area contributed by atoms with Gasteiger partial charge in [-0.1, -0.05) is 49.0 Å². The first-order valence-electron chi connectivity index (χ1n) is 6.60. The minimum absolute atomic E-state index is 0.0237. The summed E-state index contributed by atoms with van der Waals surface area (Å²) in [5, 5.41) is 9.24. The Bertz CT molecular complexity index is 670. The lowest BCUT2D eigenvalue weighted by atomic mass is 10.0. The minimum Gasteiger partial charge on any atom is -0.481 e. The summed E-state index contributed by atoms with van der Waals surface area (Å²) in [6.45, 7) is 2.04. The average molecular weight is 304 g/mol. The Morgan fingerprint density at radius 2 is 2.05 bits per heavy atom. The van der Waals surface area contributed by atoms with E-state index in [4.69, 9.17) is 5.11 Å². The largest absolute Gasteiger partial charge is 0.481 e. The third-order valence-corrected chi connectivity index (χ3v) is 3.99. The number of aromatic nitrogens is 2. The lowest BCUT2D eigenvalue weighted by Gasteiger charge is -2.21. The van der Waals surface area contributed by atoms with E-state index in [0.717, 1.165) is 23.7 Å². The van der Waals surface area contributed by atoms with Crippen LogP contribution < -0.4 is 5.56 Å². The van der Waals surface area contributed by atoms with Gasteiger partial charge in [0.15, 0.2) is 5.16 Å². The number of hydrogen-bond acceptors (Lipinski definition) is 4. The molecule has 1 aromatic heterocycles. The number of rotatable bonds is 6. The van der Waals surface area contributed by atoms with Crippen LogP contribution in [0.4, 0.5) is 0 Å². The second kappa shape index (κ2) is 7.08. The molecule has 0 amide bonds. The lowest BCUT2D eigenvalue weighted by molar-refractivity contribution is -0.133. The van der Waals surface area contributed by atoms with Crippen molar-refractivity contribution in [2.24, 2.45) is 0 Å². The molecule has 21 heavy (non-hydrogen) atoms. The van der Waals surface area contributed by atoms with Gasteiger partial charge < -0.3 is 9.67 Å². The minimum atomic E-state index is -0.933. The third kappa shape index (κ3) is 3.95. The van der Waals surface area contributed by atoms with Crippen LogP contribution in [-0.4, -0.2) is 26.4 Å². The van der Waals surface area contributed by atoms with Gasteiger partial charge in [0.1, 0.15) is 0 Å². The molecular formula is C15H16N2O3S. The third-order valence-electron chi connectivity index (χ3n) is 3.04. The number of benzene rings is 1. The molecule has 0 bridgehead atoms. The molecule has 0 aliphatic heterocycles. The Balaban J connectivity index is 2.41. The summed E-state index contributed by atoms with van der Waals surface area (Å²) in [6.07, 6.45) is 2.50. The van der Waals surface area contributed by atoms with Crippen molar-refractivity contribution in [2.75, 3.05) is 5.75 Å². The van der Waals surface area contributed by atoms with Crippen LogP contribution in [0.1, 0.15) is 24.9 Å². The molecule has 0 saturated carbocycles. The van der Waals surface area contributed by atoms with E-state index < -0.39 is 5.97 Å². The van der Waals surface area contributed by atoms with Crippen molar-refractivity contribution in [3.63, 3.8) is 0 Å². The number of carboxylic acid groups (broad SMARTS) is 1. The Labute approximate surface area is 126 Å². The number of carboxylic acids is 1. The summed E-state index contributed by atoms with van der Waals surface area (Å²) >= 11 is 1.06. The molecule has 2 aromatic rings. The SMILES string of the molecule is CCC(c1ccccc1)n1ccc(=O)nc1SCC(=O)O. The summed E-state index contributed by atoms with van der Waals surface area (Å²) < 4.78 is 1.87. The van der Waals surface area contributed by atoms with Gasteiger partial charge in [-0.05, 0) is 12.0 Å². The second-order valence-corrected chi connectivity index (χ2v) is 5.42. The predicted octanol–water partition coefficient (Wildman–Crippen LogP) is 2.42. The maximum Gasteiger partial charge on any atom is 0.313 e. The molecule has 0 aliphatic carbocycles. The molecule has 0 aliphatic rings. The summed E-state index contributed by atoms with van der Waals surface area (Å²) in [5.41, 5.74) is 0.740. The molecule has 1 heterocycles.